The predicted molar refractivity (Wildman–Crippen MR) is 74.4 cm³/mol. The summed E-state index contributed by atoms with van der Waals surface area (Å²) in [7, 11) is 0. The van der Waals surface area contributed by atoms with E-state index in [0.717, 1.165) is 0 Å². The summed E-state index contributed by atoms with van der Waals surface area (Å²) in [4.78, 5) is 24.1. The lowest BCUT2D eigenvalue weighted by molar-refractivity contribution is -0.159. The van der Waals surface area contributed by atoms with Crippen LogP contribution in [0.25, 0.3) is 0 Å². The normalized spacial score (nSPS) is 18.9. The third-order valence-corrected chi connectivity index (χ3v) is 3.64. The van der Waals surface area contributed by atoms with Crippen molar-refractivity contribution in [1.29, 1.82) is 0 Å². The second kappa shape index (κ2) is 6.75. The highest BCUT2D eigenvalue weighted by Crippen LogP contribution is 2.31. The summed E-state index contributed by atoms with van der Waals surface area (Å²) >= 11 is 0. The Kier molecular flexibility index (Phi) is 5.70. The number of urea groups is 1. The van der Waals surface area contributed by atoms with Crippen molar-refractivity contribution in [2.75, 3.05) is 13.1 Å². The Balaban J connectivity index is 2.63. The molecule has 1 fully saturated rings. The van der Waals surface area contributed by atoms with Gasteiger partial charge in [-0.25, -0.2) is 4.79 Å². The molecule has 0 aromatic heterocycles. The lowest BCUT2D eigenvalue weighted by Crippen LogP contribution is -2.53. The van der Waals surface area contributed by atoms with Crippen LogP contribution in [0, 0.1) is 11.3 Å². The van der Waals surface area contributed by atoms with E-state index in [1.54, 1.807) is 20.8 Å². The van der Waals surface area contributed by atoms with Gasteiger partial charge in [-0.15, -0.1) is 0 Å². The first-order valence-electron chi connectivity index (χ1n) is 7.25. The number of piperidine rings is 1. The van der Waals surface area contributed by atoms with E-state index in [4.69, 9.17) is 5.11 Å². The molecule has 1 aliphatic heterocycles. The van der Waals surface area contributed by atoms with Gasteiger partial charge in [0.15, 0.2) is 0 Å². The van der Waals surface area contributed by atoms with Gasteiger partial charge in [-0.05, 0) is 24.7 Å². The van der Waals surface area contributed by atoms with E-state index in [9.17, 15) is 22.8 Å². The number of carboxylic acid groups (broad SMARTS) is 1. The maximum Gasteiger partial charge on any atom is 0.408 e. The Morgan fingerprint density at radius 1 is 1.23 bits per heavy atom. The van der Waals surface area contributed by atoms with Gasteiger partial charge in [0.25, 0.3) is 0 Å². The van der Waals surface area contributed by atoms with Gasteiger partial charge in [-0.2, -0.15) is 13.2 Å². The van der Waals surface area contributed by atoms with Gasteiger partial charge < -0.3 is 15.3 Å². The second-order valence-electron chi connectivity index (χ2n) is 6.91. The van der Waals surface area contributed by atoms with Crippen molar-refractivity contribution in [2.24, 2.45) is 11.3 Å². The molecule has 0 spiro atoms. The van der Waals surface area contributed by atoms with Crippen LogP contribution in [0.5, 0.6) is 0 Å². The molecule has 0 aromatic carbocycles. The average molecular weight is 324 g/mol. The standard InChI is InChI=1S/C14H23F3N2O3/c1-13(2,3)8-10(14(15,16)17)18-12(22)19-6-4-9(5-7-19)11(20)21/h9-10H,4-8H2,1-3H3,(H,18,22)(H,20,21). The van der Waals surface area contributed by atoms with E-state index in [1.165, 1.54) is 4.90 Å². The molecular weight excluding hydrogens is 301 g/mol. The number of hydrogen-bond donors (Lipinski definition) is 2. The quantitative estimate of drug-likeness (QED) is 0.839. The Bertz CT molecular complexity index is 411. The number of alkyl halides is 3. The molecular formula is C14H23F3N2O3. The molecule has 1 saturated heterocycles. The molecule has 2 amide bonds. The molecule has 22 heavy (non-hydrogen) atoms. The van der Waals surface area contributed by atoms with Crippen LogP contribution in [0.1, 0.15) is 40.0 Å². The van der Waals surface area contributed by atoms with Crippen LogP contribution < -0.4 is 5.32 Å². The van der Waals surface area contributed by atoms with Crippen molar-refractivity contribution >= 4 is 12.0 Å². The number of aliphatic carboxylic acids is 1. The summed E-state index contributed by atoms with van der Waals surface area (Å²) in [5, 5.41) is 10.9. The predicted octanol–water partition coefficient (Wildman–Crippen LogP) is 2.86. The molecule has 5 nitrogen and oxygen atoms in total. The zero-order valence-corrected chi connectivity index (χ0v) is 13.0. The molecule has 0 saturated carbocycles. The van der Waals surface area contributed by atoms with Crippen molar-refractivity contribution < 1.29 is 27.9 Å². The lowest BCUT2D eigenvalue weighted by atomic mass is 9.88. The van der Waals surface area contributed by atoms with Gasteiger partial charge in [-0.3, -0.25) is 4.79 Å². The van der Waals surface area contributed by atoms with Gasteiger partial charge in [0.05, 0.1) is 5.92 Å². The van der Waals surface area contributed by atoms with Crippen LogP contribution in [-0.4, -0.2) is 47.3 Å². The van der Waals surface area contributed by atoms with E-state index in [2.05, 4.69) is 0 Å². The van der Waals surface area contributed by atoms with Crippen LogP contribution in [0.3, 0.4) is 0 Å². The van der Waals surface area contributed by atoms with Crippen molar-refractivity contribution in [3.63, 3.8) is 0 Å². The summed E-state index contributed by atoms with van der Waals surface area (Å²) < 4.78 is 39.1. The highest BCUT2D eigenvalue weighted by atomic mass is 19.4. The smallest absolute Gasteiger partial charge is 0.408 e. The fourth-order valence-electron chi connectivity index (χ4n) is 2.43. The third-order valence-electron chi connectivity index (χ3n) is 3.64. The number of amides is 2. The largest absolute Gasteiger partial charge is 0.481 e. The van der Waals surface area contributed by atoms with Crippen molar-refractivity contribution in [3.8, 4) is 0 Å². The van der Waals surface area contributed by atoms with Crippen molar-refractivity contribution in [2.45, 2.75) is 52.3 Å². The summed E-state index contributed by atoms with van der Waals surface area (Å²) in [5.74, 6) is -1.46. The van der Waals surface area contributed by atoms with E-state index in [-0.39, 0.29) is 32.4 Å². The van der Waals surface area contributed by atoms with Crippen molar-refractivity contribution in [1.82, 2.24) is 10.2 Å². The molecule has 2 N–H and O–H groups in total. The molecule has 0 radical (unpaired) electrons. The molecule has 1 heterocycles. The number of halogens is 3. The summed E-state index contributed by atoms with van der Waals surface area (Å²) in [6.45, 7) is 5.34. The van der Waals surface area contributed by atoms with Crippen LogP contribution in [0.2, 0.25) is 0 Å². The third kappa shape index (κ3) is 5.73. The number of rotatable bonds is 3. The Labute approximate surface area is 127 Å². The Morgan fingerprint density at radius 2 is 1.73 bits per heavy atom. The van der Waals surface area contributed by atoms with Gasteiger partial charge >= 0.3 is 18.2 Å². The number of nitrogens with zero attached hydrogens (tertiary/aromatic N) is 1. The summed E-state index contributed by atoms with van der Waals surface area (Å²) in [6, 6.07) is -2.69. The number of carboxylic acids is 1. The average Bonchev–Trinajstić information content (AvgIpc) is 2.35. The highest BCUT2D eigenvalue weighted by Gasteiger charge is 2.43. The molecule has 1 unspecified atom stereocenters. The summed E-state index contributed by atoms with van der Waals surface area (Å²) in [6.07, 6.45) is -4.20. The Hall–Kier alpha value is -1.47. The minimum Gasteiger partial charge on any atom is -0.481 e. The minimum absolute atomic E-state index is 0.156. The van der Waals surface area contributed by atoms with E-state index in [0.29, 0.717) is 0 Å². The van der Waals surface area contributed by atoms with Crippen LogP contribution in [0.15, 0.2) is 0 Å². The first kappa shape index (κ1) is 18.6. The van der Waals surface area contributed by atoms with E-state index < -0.39 is 35.6 Å². The molecule has 0 aliphatic carbocycles. The van der Waals surface area contributed by atoms with E-state index in [1.807, 2.05) is 5.32 Å². The number of hydrogen-bond acceptors (Lipinski definition) is 2. The molecule has 0 aromatic rings. The molecule has 1 atom stereocenters. The van der Waals surface area contributed by atoms with Crippen LogP contribution >= 0.6 is 0 Å². The van der Waals surface area contributed by atoms with Crippen molar-refractivity contribution in [3.05, 3.63) is 0 Å². The first-order valence-corrected chi connectivity index (χ1v) is 7.25. The molecule has 128 valence electrons. The summed E-state index contributed by atoms with van der Waals surface area (Å²) in [5.41, 5.74) is -0.580. The monoisotopic (exact) mass is 324 g/mol. The number of nitrogens with one attached hydrogen (secondary N) is 1. The van der Waals surface area contributed by atoms with Gasteiger partial charge in [0, 0.05) is 13.1 Å². The van der Waals surface area contributed by atoms with Gasteiger partial charge in [0.1, 0.15) is 6.04 Å². The van der Waals surface area contributed by atoms with Crippen LogP contribution in [-0.2, 0) is 4.79 Å². The topological polar surface area (TPSA) is 69.6 Å². The van der Waals surface area contributed by atoms with E-state index >= 15 is 0 Å². The zero-order chi connectivity index (χ0) is 17.1. The number of carbonyl (C=O) groups excluding carboxylic acids is 1. The molecule has 1 rings (SSSR count). The minimum atomic E-state index is -4.51. The maximum atomic E-state index is 13.0. The Morgan fingerprint density at radius 3 is 2.09 bits per heavy atom. The number of carbonyl (C=O) groups is 2. The molecule has 8 heteroatoms. The molecule has 1 aliphatic rings. The maximum absolute atomic E-state index is 13.0. The fourth-order valence-corrected chi connectivity index (χ4v) is 2.43. The van der Waals surface area contributed by atoms with Crippen LogP contribution in [0.4, 0.5) is 18.0 Å². The SMILES string of the molecule is CC(C)(C)CC(NC(=O)N1CCC(C(=O)O)CC1)C(F)(F)F. The fraction of sp³-hybridized carbons (Fsp3) is 0.857. The first-order chi connectivity index (χ1) is 9.90. The molecule has 0 bridgehead atoms. The lowest BCUT2D eigenvalue weighted by Gasteiger charge is -2.34. The second-order valence-corrected chi connectivity index (χ2v) is 6.91. The number of likely N-dealkylation sites (tertiary alicyclic amines) is 1. The van der Waals surface area contributed by atoms with Gasteiger partial charge in [0.2, 0.25) is 0 Å². The highest BCUT2D eigenvalue weighted by molar-refractivity contribution is 5.75. The van der Waals surface area contributed by atoms with Gasteiger partial charge in [-0.1, -0.05) is 20.8 Å². The zero-order valence-electron chi connectivity index (χ0n) is 13.0.